The summed E-state index contributed by atoms with van der Waals surface area (Å²) in [4.78, 5) is 28.4. The van der Waals surface area contributed by atoms with Crippen LogP contribution in [0.2, 0.25) is 0 Å². The minimum absolute atomic E-state index is 0.219. The van der Waals surface area contributed by atoms with E-state index in [9.17, 15) is 4.79 Å². The summed E-state index contributed by atoms with van der Waals surface area (Å²) in [5.74, 6) is 0.257. The molecule has 0 bridgehead atoms. The highest BCUT2D eigenvalue weighted by Gasteiger charge is 2.14. The molecule has 160 valence electrons. The lowest BCUT2D eigenvalue weighted by molar-refractivity contribution is 0.102. The quantitative estimate of drug-likeness (QED) is 0.512. The van der Waals surface area contributed by atoms with Crippen LogP contribution in [-0.2, 0) is 0 Å². The second kappa shape index (κ2) is 8.52. The fourth-order valence-electron chi connectivity index (χ4n) is 3.56. The summed E-state index contributed by atoms with van der Waals surface area (Å²) < 4.78 is 0. The molecule has 4 aromatic heterocycles. The zero-order valence-corrected chi connectivity index (χ0v) is 18.6. The Morgan fingerprint density at radius 3 is 2.72 bits per heavy atom. The molecule has 8 nitrogen and oxygen atoms in total. The van der Waals surface area contributed by atoms with Crippen molar-refractivity contribution in [1.29, 1.82) is 0 Å². The number of amides is 1. The predicted molar refractivity (Wildman–Crippen MR) is 125 cm³/mol. The van der Waals surface area contributed by atoms with Crippen molar-refractivity contribution in [2.75, 3.05) is 25.5 Å². The van der Waals surface area contributed by atoms with Gasteiger partial charge in [0.15, 0.2) is 5.01 Å². The fourth-order valence-corrected chi connectivity index (χ4v) is 4.22. The van der Waals surface area contributed by atoms with Crippen molar-refractivity contribution in [3.63, 3.8) is 0 Å². The molecular formula is C23H21N7OS. The number of nitrogens with zero attached hydrogens (tertiary/aromatic N) is 6. The predicted octanol–water partition coefficient (Wildman–Crippen LogP) is 3.82. The Morgan fingerprint density at radius 1 is 1.06 bits per heavy atom. The van der Waals surface area contributed by atoms with Gasteiger partial charge in [0.2, 0.25) is 0 Å². The van der Waals surface area contributed by atoms with Gasteiger partial charge in [-0.2, -0.15) is 0 Å². The molecule has 0 unspecified atom stereocenters. The van der Waals surface area contributed by atoms with Gasteiger partial charge in [0.05, 0.1) is 5.69 Å². The van der Waals surface area contributed by atoms with Crippen LogP contribution in [0.5, 0.6) is 0 Å². The summed E-state index contributed by atoms with van der Waals surface area (Å²) >= 11 is 1.49. The van der Waals surface area contributed by atoms with Crippen LogP contribution < -0.4 is 5.32 Å². The van der Waals surface area contributed by atoms with Crippen LogP contribution in [0, 0.1) is 6.92 Å². The maximum absolute atomic E-state index is 12.9. The van der Waals surface area contributed by atoms with E-state index in [2.05, 4.69) is 48.5 Å². The molecule has 5 heterocycles. The first kappa shape index (κ1) is 20.3. The molecule has 1 aliphatic heterocycles. The number of hydrogen-bond donors (Lipinski definition) is 1. The molecule has 0 aliphatic carbocycles. The number of aryl methyl sites for hydroxylation is 1. The lowest BCUT2D eigenvalue weighted by Gasteiger charge is -2.21. The van der Waals surface area contributed by atoms with Gasteiger partial charge in [-0.25, -0.2) is 4.98 Å². The van der Waals surface area contributed by atoms with Gasteiger partial charge in [-0.3, -0.25) is 14.8 Å². The van der Waals surface area contributed by atoms with Crippen molar-refractivity contribution in [3.8, 4) is 10.7 Å². The number of pyridine rings is 3. The molecule has 1 amide bonds. The minimum Gasteiger partial charge on any atom is -0.307 e. The molecule has 0 fully saturated rings. The van der Waals surface area contributed by atoms with Crippen LogP contribution in [0.25, 0.3) is 27.0 Å². The molecule has 5 rings (SSSR count). The third-order valence-corrected chi connectivity index (χ3v) is 6.21. The van der Waals surface area contributed by atoms with Crippen LogP contribution in [-0.4, -0.2) is 56.1 Å². The monoisotopic (exact) mass is 443 g/mol. The molecule has 0 atom stereocenters. The second-order valence-corrected chi connectivity index (χ2v) is 8.92. The minimum atomic E-state index is -0.219. The Bertz CT molecular complexity index is 1350. The summed E-state index contributed by atoms with van der Waals surface area (Å²) in [7, 11) is 2.09. The highest BCUT2D eigenvalue weighted by atomic mass is 32.1. The largest absolute Gasteiger partial charge is 0.307 e. The first-order chi connectivity index (χ1) is 15.5. The van der Waals surface area contributed by atoms with E-state index in [1.165, 1.54) is 16.9 Å². The van der Waals surface area contributed by atoms with E-state index in [0.29, 0.717) is 11.4 Å². The Labute approximate surface area is 189 Å². The van der Waals surface area contributed by atoms with Crippen LogP contribution in [0.15, 0.2) is 48.9 Å². The lowest BCUT2D eigenvalue weighted by Crippen LogP contribution is -2.24. The van der Waals surface area contributed by atoms with Crippen LogP contribution in [0.4, 0.5) is 5.82 Å². The number of hydrogen-bond acceptors (Lipinski definition) is 8. The Balaban J connectivity index is 1.38. The highest BCUT2D eigenvalue weighted by Crippen LogP contribution is 2.26. The van der Waals surface area contributed by atoms with Crippen LogP contribution in [0.1, 0.15) is 27.5 Å². The summed E-state index contributed by atoms with van der Waals surface area (Å²) in [6.07, 6.45) is 8.23. The Kier molecular flexibility index (Phi) is 5.42. The van der Waals surface area contributed by atoms with Crippen molar-refractivity contribution in [1.82, 2.24) is 30.0 Å². The van der Waals surface area contributed by atoms with E-state index < -0.39 is 0 Å². The molecule has 0 aromatic carbocycles. The summed E-state index contributed by atoms with van der Waals surface area (Å²) in [5.41, 5.74) is 3.32. The van der Waals surface area contributed by atoms with Gasteiger partial charge in [0, 0.05) is 42.6 Å². The molecule has 0 spiro atoms. The molecule has 32 heavy (non-hydrogen) atoms. The van der Waals surface area contributed by atoms with Gasteiger partial charge in [0.1, 0.15) is 16.5 Å². The molecule has 0 saturated heterocycles. The third-order valence-electron chi connectivity index (χ3n) is 5.35. The number of aromatic nitrogens is 5. The molecule has 4 aromatic rings. The highest BCUT2D eigenvalue weighted by molar-refractivity contribution is 7.14. The Morgan fingerprint density at radius 2 is 1.94 bits per heavy atom. The van der Waals surface area contributed by atoms with E-state index in [1.807, 2.05) is 25.1 Å². The summed E-state index contributed by atoms with van der Waals surface area (Å²) in [5, 5.41) is 14.6. The first-order valence-corrected chi connectivity index (χ1v) is 11.1. The lowest BCUT2D eigenvalue weighted by atomic mass is 10.0. The normalized spacial score (nSPS) is 14.4. The van der Waals surface area contributed by atoms with E-state index in [-0.39, 0.29) is 5.91 Å². The van der Waals surface area contributed by atoms with Gasteiger partial charge >= 0.3 is 0 Å². The van der Waals surface area contributed by atoms with Gasteiger partial charge in [0.25, 0.3) is 5.91 Å². The topological polar surface area (TPSA) is 96.8 Å². The number of fused-ring (bicyclic) bond motifs is 1. The number of rotatable bonds is 4. The van der Waals surface area contributed by atoms with Crippen molar-refractivity contribution in [2.45, 2.75) is 13.3 Å². The van der Waals surface area contributed by atoms with E-state index >= 15 is 0 Å². The molecule has 0 saturated carbocycles. The zero-order valence-electron chi connectivity index (χ0n) is 17.7. The maximum atomic E-state index is 12.9. The van der Waals surface area contributed by atoms with Crippen molar-refractivity contribution < 1.29 is 4.79 Å². The van der Waals surface area contributed by atoms with Crippen molar-refractivity contribution in [3.05, 3.63) is 65.2 Å². The third kappa shape index (κ3) is 4.25. The van der Waals surface area contributed by atoms with Crippen molar-refractivity contribution >= 4 is 39.4 Å². The average Bonchev–Trinajstić information content (AvgIpc) is 3.25. The molecule has 9 heteroatoms. The van der Waals surface area contributed by atoms with Crippen molar-refractivity contribution in [2.24, 2.45) is 0 Å². The summed E-state index contributed by atoms with van der Waals surface area (Å²) in [6, 6.07) is 7.33. The second-order valence-electron chi connectivity index (χ2n) is 7.74. The van der Waals surface area contributed by atoms with E-state index in [0.717, 1.165) is 51.7 Å². The number of nitrogens with one attached hydrogen (secondary N) is 1. The number of anilines is 1. The molecule has 1 N–H and O–H groups in total. The van der Waals surface area contributed by atoms with Gasteiger partial charge in [-0.15, -0.1) is 10.2 Å². The SMILES string of the molecule is Cc1nnc(-c2cc3cc(NC(=O)c4ccnc(C5=CCN(C)CC5)c4)ncc3cn2)s1. The first-order valence-electron chi connectivity index (χ1n) is 10.3. The Hall–Kier alpha value is -3.56. The van der Waals surface area contributed by atoms with Gasteiger partial charge in [-0.1, -0.05) is 17.4 Å². The summed E-state index contributed by atoms with van der Waals surface area (Å²) in [6.45, 7) is 3.79. The van der Waals surface area contributed by atoms with Crippen LogP contribution >= 0.6 is 11.3 Å². The average molecular weight is 444 g/mol. The molecular weight excluding hydrogens is 422 g/mol. The van der Waals surface area contributed by atoms with E-state index in [4.69, 9.17) is 0 Å². The fraction of sp³-hybridized carbons (Fsp3) is 0.217. The van der Waals surface area contributed by atoms with Gasteiger partial charge < -0.3 is 10.2 Å². The maximum Gasteiger partial charge on any atom is 0.256 e. The molecule has 0 radical (unpaired) electrons. The van der Waals surface area contributed by atoms with Crippen LogP contribution in [0.3, 0.4) is 0 Å². The standard InChI is InChI=1S/C23H21N7OS/c1-14-28-29-23(32-14)20-10-17-11-21(26-13-18(17)12-25-20)27-22(31)16-3-6-24-19(9-16)15-4-7-30(2)8-5-15/h3-4,6,9-13H,5,7-8H2,1-2H3,(H,26,27,31). The van der Waals surface area contributed by atoms with Gasteiger partial charge in [-0.05, 0) is 55.6 Å². The number of likely N-dealkylation sites (N-methyl/N-ethyl adjacent to an activating group) is 1. The number of carbonyl (C=O) groups excluding carboxylic acids is 1. The van der Waals surface area contributed by atoms with E-state index in [1.54, 1.807) is 24.7 Å². The zero-order chi connectivity index (χ0) is 22.1. The smallest absolute Gasteiger partial charge is 0.256 e. The number of carbonyl (C=O) groups is 1. The molecule has 1 aliphatic rings.